The predicted octanol–water partition coefficient (Wildman–Crippen LogP) is 1.43. The highest BCUT2D eigenvalue weighted by atomic mass is 19.4. The van der Waals surface area contributed by atoms with Gasteiger partial charge in [-0.25, -0.2) is 9.18 Å². The van der Waals surface area contributed by atoms with Crippen LogP contribution in [-0.2, 0) is 14.3 Å². The molecule has 0 spiro atoms. The van der Waals surface area contributed by atoms with Crippen LogP contribution >= 0.6 is 0 Å². The summed E-state index contributed by atoms with van der Waals surface area (Å²) in [7, 11) is 0.842. The zero-order valence-electron chi connectivity index (χ0n) is 13.0. The smallest absolute Gasteiger partial charge is 0.425 e. The van der Waals surface area contributed by atoms with Gasteiger partial charge in [0, 0.05) is 11.3 Å². The Morgan fingerprint density at radius 3 is 2.24 bits per heavy atom. The Labute approximate surface area is 138 Å². The highest BCUT2D eigenvalue weighted by Gasteiger charge is 2.69. The molecule has 10 heteroatoms. The first kappa shape index (κ1) is 18.4. The minimum Gasteiger partial charge on any atom is -0.466 e. The fraction of sp³-hybridized carbons (Fsp3) is 0.267. The van der Waals surface area contributed by atoms with E-state index in [1.54, 1.807) is 5.32 Å². The van der Waals surface area contributed by atoms with Gasteiger partial charge < -0.3 is 15.4 Å². The Morgan fingerprint density at radius 1 is 1.20 bits per heavy atom. The van der Waals surface area contributed by atoms with Crippen molar-refractivity contribution in [1.82, 2.24) is 10.6 Å². The van der Waals surface area contributed by atoms with E-state index in [1.165, 1.54) is 0 Å². The van der Waals surface area contributed by atoms with Crippen LogP contribution in [0.1, 0.15) is 17.3 Å². The van der Waals surface area contributed by atoms with Gasteiger partial charge in [-0.2, -0.15) is 13.2 Å². The molecular formula is C15H12F4N2O4. The van der Waals surface area contributed by atoms with E-state index in [2.05, 4.69) is 4.74 Å². The van der Waals surface area contributed by atoms with E-state index >= 15 is 0 Å². The largest absolute Gasteiger partial charge is 0.466 e. The van der Waals surface area contributed by atoms with Crippen LogP contribution in [0, 0.1) is 5.82 Å². The molecule has 134 valence electrons. The van der Waals surface area contributed by atoms with Crippen molar-refractivity contribution in [2.75, 3.05) is 7.11 Å². The summed E-state index contributed by atoms with van der Waals surface area (Å²) in [5.41, 5.74) is -5.40. The predicted molar refractivity (Wildman–Crippen MR) is 75.5 cm³/mol. The molecule has 0 saturated carbocycles. The van der Waals surface area contributed by atoms with E-state index in [9.17, 15) is 31.9 Å². The average Bonchev–Trinajstić information content (AvgIpc) is 2.78. The number of carbonyl (C=O) groups excluding carboxylic acids is 3. The molecule has 1 aromatic rings. The zero-order chi connectivity index (χ0) is 19.0. The van der Waals surface area contributed by atoms with Crippen LogP contribution in [0.15, 0.2) is 35.5 Å². The topological polar surface area (TPSA) is 84.5 Å². The summed E-state index contributed by atoms with van der Waals surface area (Å²) in [5, 5.41) is 3.45. The fourth-order valence-electron chi connectivity index (χ4n) is 2.43. The van der Waals surface area contributed by atoms with Gasteiger partial charge in [0.05, 0.1) is 7.11 Å². The summed E-state index contributed by atoms with van der Waals surface area (Å²) in [6.45, 7) is 1.07. The van der Waals surface area contributed by atoms with E-state index in [0.717, 1.165) is 38.3 Å². The van der Waals surface area contributed by atoms with Crippen LogP contribution in [0.2, 0.25) is 0 Å². The van der Waals surface area contributed by atoms with Crippen LogP contribution in [0.4, 0.5) is 17.6 Å². The normalized spacial score (nSPS) is 20.3. The van der Waals surface area contributed by atoms with Gasteiger partial charge in [-0.05, 0) is 31.2 Å². The van der Waals surface area contributed by atoms with Gasteiger partial charge in [0.25, 0.3) is 11.8 Å². The van der Waals surface area contributed by atoms with Crippen LogP contribution < -0.4 is 10.6 Å². The monoisotopic (exact) mass is 360 g/mol. The van der Waals surface area contributed by atoms with Gasteiger partial charge in [-0.1, -0.05) is 0 Å². The number of hydrogen-bond acceptors (Lipinski definition) is 4. The lowest BCUT2D eigenvalue weighted by atomic mass is 9.89. The molecule has 1 aliphatic rings. The van der Waals surface area contributed by atoms with E-state index in [0.29, 0.717) is 0 Å². The maximum atomic E-state index is 13.7. The number of ether oxygens (including phenoxy) is 1. The molecule has 1 aliphatic heterocycles. The summed E-state index contributed by atoms with van der Waals surface area (Å²) in [4.78, 5) is 36.1. The zero-order valence-corrected chi connectivity index (χ0v) is 13.0. The number of carbonyl (C=O) groups is 3. The van der Waals surface area contributed by atoms with Gasteiger partial charge >= 0.3 is 12.1 Å². The molecule has 25 heavy (non-hydrogen) atoms. The standard InChI is InChI=1S/C15H12F4N2O4/c1-7-10(12(23)25-2)14(13(24)20-7,15(17,18)19)21-11(22)8-3-5-9(16)6-4-8/h3-6H,1-2H3,(H,20,24)(H,21,22)/t14-/m0/s1. The van der Waals surface area contributed by atoms with Crippen LogP contribution in [0.3, 0.4) is 0 Å². The first-order chi connectivity index (χ1) is 11.5. The van der Waals surface area contributed by atoms with E-state index in [-0.39, 0.29) is 5.56 Å². The Kier molecular flexibility index (Phi) is 4.56. The van der Waals surface area contributed by atoms with Crippen LogP contribution in [-0.4, -0.2) is 36.6 Å². The van der Waals surface area contributed by atoms with Crippen molar-refractivity contribution < 1.29 is 36.7 Å². The number of rotatable bonds is 3. The van der Waals surface area contributed by atoms with E-state index < -0.39 is 46.6 Å². The number of hydrogen-bond donors (Lipinski definition) is 2. The molecule has 0 aromatic heterocycles. The summed E-state index contributed by atoms with van der Waals surface area (Å²) in [6, 6.07) is 3.62. The molecule has 6 nitrogen and oxygen atoms in total. The van der Waals surface area contributed by atoms with Crippen molar-refractivity contribution >= 4 is 17.8 Å². The molecule has 0 bridgehead atoms. The fourth-order valence-corrected chi connectivity index (χ4v) is 2.43. The van der Waals surface area contributed by atoms with E-state index in [1.807, 2.05) is 5.32 Å². The molecule has 1 aromatic carbocycles. The summed E-state index contributed by atoms with van der Waals surface area (Å²) in [5.74, 6) is -5.09. The lowest BCUT2D eigenvalue weighted by Crippen LogP contribution is -2.66. The third-order valence-corrected chi connectivity index (χ3v) is 3.61. The molecule has 2 amide bonds. The van der Waals surface area contributed by atoms with Crippen molar-refractivity contribution in [2.24, 2.45) is 0 Å². The summed E-state index contributed by atoms with van der Waals surface area (Å²) >= 11 is 0. The van der Waals surface area contributed by atoms with Crippen LogP contribution in [0.25, 0.3) is 0 Å². The van der Waals surface area contributed by atoms with Gasteiger partial charge in [-0.15, -0.1) is 0 Å². The molecule has 2 N–H and O–H groups in total. The number of esters is 1. The highest BCUT2D eigenvalue weighted by molar-refractivity contribution is 6.11. The van der Waals surface area contributed by atoms with Crippen molar-refractivity contribution in [2.45, 2.75) is 18.6 Å². The van der Waals surface area contributed by atoms with Crippen molar-refractivity contribution in [3.8, 4) is 0 Å². The third kappa shape index (κ3) is 2.94. The SMILES string of the molecule is COC(=O)C1=C(C)NC(=O)[C@]1(NC(=O)c1ccc(F)cc1)C(F)(F)F. The Balaban J connectivity index is 2.55. The van der Waals surface area contributed by atoms with Crippen molar-refractivity contribution in [1.29, 1.82) is 0 Å². The molecular weight excluding hydrogens is 348 g/mol. The lowest BCUT2D eigenvalue weighted by Gasteiger charge is -2.31. The number of nitrogens with one attached hydrogen (secondary N) is 2. The maximum Gasteiger partial charge on any atom is 0.425 e. The maximum absolute atomic E-state index is 13.7. The number of alkyl halides is 3. The molecule has 1 atom stereocenters. The van der Waals surface area contributed by atoms with Gasteiger partial charge in [0.2, 0.25) is 5.54 Å². The molecule has 2 rings (SSSR count). The lowest BCUT2D eigenvalue weighted by molar-refractivity contribution is -0.188. The highest BCUT2D eigenvalue weighted by Crippen LogP contribution is 2.41. The molecule has 0 saturated heterocycles. The number of halogens is 4. The third-order valence-electron chi connectivity index (χ3n) is 3.61. The Hall–Kier alpha value is -2.91. The summed E-state index contributed by atoms with van der Waals surface area (Å²) < 4.78 is 58.5. The minimum absolute atomic E-state index is 0.327. The number of amides is 2. The van der Waals surface area contributed by atoms with Gasteiger partial charge in [0.1, 0.15) is 11.4 Å². The Bertz CT molecular complexity index is 771. The molecule has 0 aliphatic carbocycles. The molecule has 0 radical (unpaired) electrons. The summed E-state index contributed by atoms with van der Waals surface area (Å²) in [6.07, 6.45) is -5.34. The second-order valence-corrected chi connectivity index (χ2v) is 5.15. The van der Waals surface area contributed by atoms with Gasteiger partial charge in [-0.3, -0.25) is 9.59 Å². The number of benzene rings is 1. The quantitative estimate of drug-likeness (QED) is 0.631. The molecule has 1 heterocycles. The Morgan fingerprint density at radius 2 is 1.76 bits per heavy atom. The first-order valence-corrected chi connectivity index (χ1v) is 6.80. The van der Waals surface area contributed by atoms with E-state index in [4.69, 9.17) is 0 Å². The number of methoxy groups -OCH3 is 1. The second-order valence-electron chi connectivity index (χ2n) is 5.15. The average molecular weight is 360 g/mol. The molecule has 0 fully saturated rings. The number of allylic oxidation sites excluding steroid dienone is 1. The second kappa shape index (κ2) is 6.19. The van der Waals surface area contributed by atoms with Crippen LogP contribution in [0.5, 0.6) is 0 Å². The van der Waals surface area contributed by atoms with Gasteiger partial charge in [0.15, 0.2) is 0 Å². The van der Waals surface area contributed by atoms with Crippen molar-refractivity contribution in [3.05, 3.63) is 46.9 Å². The van der Waals surface area contributed by atoms with Crippen molar-refractivity contribution in [3.63, 3.8) is 0 Å². The minimum atomic E-state index is -5.34. The molecule has 0 unspecified atom stereocenters. The first-order valence-electron chi connectivity index (χ1n) is 6.80.